The van der Waals surface area contributed by atoms with E-state index in [4.69, 9.17) is 9.73 Å². The highest BCUT2D eigenvalue weighted by molar-refractivity contribution is 5.80. The van der Waals surface area contributed by atoms with E-state index in [1.165, 1.54) is 44.2 Å². The molecule has 1 saturated heterocycles. The molecule has 0 amide bonds. The Kier molecular flexibility index (Phi) is 6.82. The van der Waals surface area contributed by atoms with E-state index in [2.05, 4.69) is 10.6 Å². The van der Waals surface area contributed by atoms with E-state index in [9.17, 15) is 10.1 Å². The third-order valence-electron chi connectivity index (χ3n) is 5.08. The van der Waals surface area contributed by atoms with Crippen LogP contribution in [-0.2, 0) is 11.3 Å². The van der Waals surface area contributed by atoms with E-state index in [1.54, 1.807) is 12.1 Å². The van der Waals surface area contributed by atoms with E-state index in [0.717, 1.165) is 37.6 Å². The number of benzene rings is 1. The van der Waals surface area contributed by atoms with Gasteiger partial charge in [0.1, 0.15) is 0 Å². The first-order valence-electron chi connectivity index (χ1n) is 9.59. The molecule has 0 bridgehead atoms. The Morgan fingerprint density at radius 3 is 2.27 bits per heavy atom. The van der Waals surface area contributed by atoms with Gasteiger partial charge in [0.2, 0.25) is 0 Å². The quantitative estimate of drug-likeness (QED) is 0.364. The summed E-state index contributed by atoms with van der Waals surface area (Å²) < 4.78 is 5.44. The molecule has 1 heterocycles. The first kappa shape index (κ1) is 18.6. The minimum atomic E-state index is -0.379. The van der Waals surface area contributed by atoms with Crippen molar-refractivity contribution in [3.8, 4) is 0 Å². The molecule has 0 unspecified atom stereocenters. The maximum absolute atomic E-state index is 10.8. The molecule has 1 aromatic rings. The molecule has 1 saturated carbocycles. The van der Waals surface area contributed by atoms with Crippen LogP contribution in [0.3, 0.4) is 0 Å². The molecular weight excluding hydrogens is 332 g/mol. The lowest BCUT2D eigenvalue weighted by Gasteiger charge is -2.29. The van der Waals surface area contributed by atoms with Gasteiger partial charge in [-0.25, -0.2) is 4.99 Å². The Bertz CT molecular complexity index is 584. The Balaban J connectivity index is 1.63. The van der Waals surface area contributed by atoms with Crippen molar-refractivity contribution < 1.29 is 9.66 Å². The highest BCUT2D eigenvalue weighted by Crippen LogP contribution is 2.18. The second-order valence-electron chi connectivity index (χ2n) is 7.10. The van der Waals surface area contributed by atoms with Gasteiger partial charge in [0, 0.05) is 37.4 Å². The van der Waals surface area contributed by atoms with E-state index in [-0.39, 0.29) is 10.6 Å². The van der Waals surface area contributed by atoms with Crippen LogP contribution in [0.2, 0.25) is 0 Å². The molecule has 2 aliphatic rings. The van der Waals surface area contributed by atoms with Gasteiger partial charge in [-0.05, 0) is 31.2 Å². The standard InChI is InChI=1S/C19H28N4O3/c24-23(25)18-8-6-15(7-9-18)14-20-19(21-16-4-2-1-3-5-16)22-17-10-12-26-13-11-17/h6-9,16-17H,1-5,10-14H2,(H2,20,21,22). The van der Waals surface area contributed by atoms with Crippen LogP contribution in [-0.4, -0.2) is 36.2 Å². The summed E-state index contributed by atoms with van der Waals surface area (Å²) in [6.07, 6.45) is 8.21. The van der Waals surface area contributed by atoms with E-state index < -0.39 is 0 Å². The van der Waals surface area contributed by atoms with Crippen LogP contribution in [0.4, 0.5) is 5.69 Å². The van der Waals surface area contributed by atoms with Crippen molar-refractivity contribution in [3.63, 3.8) is 0 Å². The number of ether oxygens (including phenoxy) is 1. The molecule has 7 nitrogen and oxygen atoms in total. The third kappa shape index (κ3) is 5.69. The van der Waals surface area contributed by atoms with Gasteiger partial charge in [-0.1, -0.05) is 31.4 Å². The summed E-state index contributed by atoms with van der Waals surface area (Å²) in [7, 11) is 0. The lowest BCUT2D eigenvalue weighted by atomic mass is 9.96. The average molecular weight is 360 g/mol. The number of aliphatic imine (C=N–C) groups is 1. The molecule has 1 aromatic carbocycles. The molecule has 26 heavy (non-hydrogen) atoms. The SMILES string of the molecule is O=[N+]([O-])c1ccc(CN=C(NC2CCCCC2)NC2CCOCC2)cc1. The smallest absolute Gasteiger partial charge is 0.269 e. The summed E-state index contributed by atoms with van der Waals surface area (Å²) >= 11 is 0. The fourth-order valence-corrected chi connectivity index (χ4v) is 3.50. The van der Waals surface area contributed by atoms with Crippen molar-refractivity contribution in [2.75, 3.05) is 13.2 Å². The zero-order valence-corrected chi connectivity index (χ0v) is 15.2. The lowest BCUT2D eigenvalue weighted by molar-refractivity contribution is -0.384. The van der Waals surface area contributed by atoms with Crippen molar-refractivity contribution in [2.45, 2.75) is 63.6 Å². The molecule has 3 rings (SSSR count). The van der Waals surface area contributed by atoms with E-state index >= 15 is 0 Å². The third-order valence-corrected chi connectivity index (χ3v) is 5.08. The van der Waals surface area contributed by atoms with Gasteiger partial charge < -0.3 is 15.4 Å². The first-order chi connectivity index (χ1) is 12.7. The molecule has 1 aliphatic heterocycles. The van der Waals surface area contributed by atoms with Crippen LogP contribution >= 0.6 is 0 Å². The summed E-state index contributed by atoms with van der Waals surface area (Å²) in [5, 5.41) is 17.9. The number of nitro benzene ring substituents is 1. The number of non-ortho nitro benzene ring substituents is 1. The second kappa shape index (κ2) is 9.52. The minimum absolute atomic E-state index is 0.110. The van der Waals surface area contributed by atoms with Gasteiger partial charge in [0.15, 0.2) is 5.96 Å². The van der Waals surface area contributed by atoms with Gasteiger partial charge in [-0.2, -0.15) is 0 Å². The lowest BCUT2D eigenvalue weighted by Crippen LogP contribution is -2.49. The summed E-state index contributed by atoms with van der Waals surface area (Å²) in [4.78, 5) is 15.1. The van der Waals surface area contributed by atoms with Crippen molar-refractivity contribution in [3.05, 3.63) is 39.9 Å². The number of guanidine groups is 1. The highest BCUT2D eigenvalue weighted by Gasteiger charge is 2.19. The Morgan fingerprint density at radius 2 is 1.65 bits per heavy atom. The number of nitro groups is 1. The van der Waals surface area contributed by atoms with Crippen molar-refractivity contribution >= 4 is 11.6 Å². The predicted octanol–water partition coefficient (Wildman–Crippen LogP) is 3.14. The van der Waals surface area contributed by atoms with Crippen molar-refractivity contribution in [1.29, 1.82) is 0 Å². The van der Waals surface area contributed by atoms with Crippen LogP contribution < -0.4 is 10.6 Å². The van der Waals surface area contributed by atoms with Crippen LogP contribution in [0.15, 0.2) is 29.3 Å². The zero-order chi connectivity index (χ0) is 18.2. The summed E-state index contributed by atoms with van der Waals surface area (Å²) in [5.74, 6) is 0.849. The molecule has 0 aromatic heterocycles. The number of nitrogens with zero attached hydrogens (tertiary/aromatic N) is 2. The van der Waals surface area contributed by atoms with Crippen LogP contribution in [0, 0.1) is 10.1 Å². The maximum Gasteiger partial charge on any atom is 0.269 e. The molecule has 0 radical (unpaired) electrons. The number of hydrogen-bond donors (Lipinski definition) is 2. The fourth-order valence-electron chi connectivity index (χ4n) is 3.50. The molecule has 142 valence electrons. The van der Waals surface area contributed by atoms with Gasteiger partial charge in [-0.15, -0.1) is 0 Å². The Labute approximate surface area is 154 Å². The largest absolute Gasteiger partial charge is 0.381 e. The average Bonchev–Trinajstić information content (AvgIpc) is 2.68. The summed E-state index contributed by atoms with van der Waals surface area (Å²) in [6.45, 7) is 2.08. The van der Waals surface area contributed by atoms with Crippen molar-refractivity contribution in [1.82, 2.24) is 10.6 Å². The molecule has 1 aliphatic carbocycles. The maximum atomic E-state index is 10.8. The van der Waals surface area contributed by atoms with Crippen LogP contribution in [0.5, 0.6) is 0 Å². The van der Waals surface area contributed by atoms with Gasteiger partial charge >= 0.3 is 0 Å². The van der Waals surface area contributed by atoms with E-state index in [0.29, 0.717) is 18.6 Å². The molecule has 2 fully saturated rings. The predicted molar refractivity (Wildman–Crippen MR) is 101 cm³/mol. The normalized spacial score (nSPS) is 19.9. The zero-order valence-electron chi connectivity index (χ0n) is 15.2. The summed E-state index contributed by atoms with van der Waals surface area (Å²) in [5.41, 5.74) is 1.07. The van der Waals surface area contributed by atoms with Gasteiger partial charge in [0.25, 0.3) is 5.69 Å². The highest BCUT2D eigenvalue weighted by atomic mass is 16.6. The first-order valence-corrected chi connectivity index (χ1v) is 9.59. The minimum Gasteiger partial charge on any atom is -0.381 e. The Morgan fingerprint density at radius 1 is 1.04 bits per heavy atom. The van der Waals surface area contributed by atoms with Crippen molar-refractivity contribution in [2.24, 2.45) is 4.99 Å². The molecule has 0 spiro atoms. The molecule has 2 N–H and O–H groups in total. The van der Waals surface area contributed by atoms with Gasteiger partial charge in [0.05, 0.1) is 11.5 Å². The monoisotopic (exact) mass is 360 g/mol. The summed E-state index contributed by atoms with van der Waals surface area (Å²) in [6, 6.07) is 7.47. The number of hydrogen-bond acceptors (Lipinski definition) is 4. The molecule has 7 heteroatoms. The van der Waals surface area contributed by atoms with Gasteiger partial charge in [-0.3, -0.25) is 10.1 Å². The number of nitrogens with one attached hydrogen (secondary N) is 2. The number of rotatable bonds is 5. The van der Waals surface area contributed by atoms with Crippen LogP contribution in [0.25, 0.3) is 0 Å². The molecular formula is C19H28N4O3. The molecule has 0 atom stereocenters. The topological polar surface area (TPSA) is 88.8 Å². The fraction of sp³-hybridized carbons (Fsp3) is 0.632. The van der Waals surface area contributed by atoms with Crippen LogP contribution in [0.1, 0.15) is 50.5 Å². The second-order valence-corrected chi connectivity index (χ2v) is 7.10. The Hall–Kier alpha value is -2.15. The van der Waals surface area contributed by atoms with E-state index in [1.807, 2.05) is 0 Å².